The summed E-state index contributed by atoms with van der Waals surface area (Å²) in [6, 6.07) is 8.10. The summed E-state index contributed by atoms with van der Waals surface area (Å²) in [5.74, 6) is 0. The Balaban J connectivity index is 2.16. The molecule has 0 spiro atoms. The van der Waals surface area contributed by atoms with Gasteiger partial charge in [-0.15, -0.1) is 0 Å². The smallest absolute Gasteiger partial charge is 0.207 e. The molecule has 0 saturated heterocycles. The summed E-state index contributed by atoms with van der Waals surface area (Å²) < 4.78 is 1.04. The van der Waals surface area contributed by atoms with Gasteiger partial charge in [0.2, 0.25) is 6.41 Å². The van der Waals surface area contributed by atoms with Gasteiger partial charge in [-0.05, 0) is 37.6 Å². The molecule has 0 bridgehead atoms. The van der Waals surface area contributed by atoms with Crippen molar-refractivity contribution < 1.29 is 4.79 Å². The maximum atomic E-state index is 10.1. The lowest BCUT2D eigenvalue weighted by Crippen LogP contribution is -2.16. The second-order valence-corrected chi connectivity index (χ2v) is 5.24. The number of anilines is 1. The van der Waals surface area contributed by atoms with Crippen molar-refractivity contribution in [1.29, 1.82) is 0 Å². The molecule has 0 atom stereocenters. The number of rotatable bonds is 6. The quantitative estimate of drug-likeness (QED) is 0.635. The maximum Gasteiger partial charge on any atom is 0.207 e. The van der Waals surface area contributed by atoms with Gasteiger partial charge in [-0.2, -0.15) is 0 Å². The number of carbonyl (C=O) groups is 1. The van der Waals surface area contributed by atoms with Crippen LogP contribution in [0.3, 0.4) is 0 Å². The summed E-state index contributed by atoms with van der Waals surface area (Å²) in [4.78, 5) is 14.7. The first kappa shape index (κ1) is 13.8. The summed E-state index contributed by atoms with van der Waals surface area (Å²) in [6.45, 7) is 3.48. The molecular weight excluding hydrogens is 306 g/mol. The van der Waals surface area contributed by atoms with Gasteiger partial charge in [0.05, 0.1) is 5.52 Å². The number of fused-ring (bicyclic) bond motifs is 1. The molecule has 0 aliphatic carbocycles. The lowest BCUT2D eigenvalue weighted by atomic mass is 10.1. The van der Waals surface area contributed by atoms with E-state index in [1.807, 2.05) is 25.1 Å². The average Bonchev–Trinajstić information content (AvgIpc) is 2.39. The van der Waals surface area contributed by atoms with Crippen molar-refractivity contribution in [2.45, 2.75) is 13.3 Å². The number of aryl methyl sites for hydroxylation is 1. The van der Waals surface area contributed by atoms with Crippen LogP contribution in [0.4, 0.5) is 5.69 Å². The van der Waals surface area contributed by atoms with Gasteiger partial charge in [0, 0.05) is 34.3 Å². The van der Waals surface area contributed by atoms with Gasteiger partial charge in [0.15, 0.2) is 0 Å². The summed E-state index contributed by atoms with van der Waals surface area (Å²) in [5, 5.41) is 7.15. The first-order chi connectivity index (χ1) is 9.20. The molecule has 0 aliphatic heterocycles. The minimum Gasteiger partial charge on any atom is -0.384 e. The van der Waals surface area contributed by atoms with Crippen molar-refractivity contribution in [2.75, 3.05) is 18.4 Å². The lowest BCUT2D eigenvalue weighted by molar-refractivity contribution is -0.109. The Hall–Kier alpha value is -1.62. The fourth-order valence-electron chi connectivity index (χ4n) is 1.95. The molecule has 4 nitrogen and oxygen atoms in total. The van der Waals surface area contributed by atoms with Crippen LogP contribution in [-0.4, -0.2) is 24.5 Å². The molecule has 2 rings (SSSR count). The summed E-state index contributed by atoms with van der Waals surface area (Å²) in [6.07, 6.45) is 1.61. The number of benzene rings is 1. The standard InChI is InChI=1S/C14H16BrN3O/c1-10-7-14(17-6-2-5-16-9-19)12-8-11(15)3-4-13(12)18-10/h3-4,7-9H,2,5-6H2,1H3,(H,16,19)(H,17,18). The average molecular weight is 322 g/mol. The Morgan fingerprint density at radius 2 is 2.16 bits per heavy atom. The predicted octanol–water partition coefficient (Wildman–Crippen LogP) is 2.85. The van der Waals surface area contributed by atoms with Crippen LogP contribution >= 0.6 is 15.9 Å². The van der Waals surface area contributed by atoms with Crippen LogP contribution in [0.5, 0.6) is 0 Å². The molecule has 19 heavy (non-hydrogen) atoms. The third-order valence-electron chi connectivity index (χ3n) is 2.80. The van der Waals surface area contributed by atoms with E-state index in [2.05, 4.69) is 37.6 Å². The second kappa shape index (κ2) is 6.52. The van der Waals surface area contributed by atoms with E-state index in [1.165, 1.54) is 0 Å². The van der Waals surface area contributed by atoms with Gasteiger partial charge >= 0.3 is 0 Å². The van der Waals surface area contributed by atoms with Crippen molar-refractivity contribution in [1.82, 2.24) is 10.3 Å². The van der Waals surface area contributed by atoms with Crippen molar-refractivity contribution in [3.05, 3.63) is 34.4 Å². The van der Waals surface area contributed by atoms with E-state index in [9.17, 15) is 4.79 Å². The zero-order chi connectivity index (χ0) is 13.7. The van der Waals surface area contributed by atoms with E-state index >= 15 is 0 Å². The molecule has 1 aromatic heterocycles. The number of hydrogen-bond acceptors (Lipinski definition) is 3. The molecule has 2 aromatic rings. The number of amides is 1. The number of pyridine rings is 1. The van der Waals surface area contributed by atoms with E-state index in [4.69, 9.17) is 0 Å². The molecule has 1 amide bonds. The molecule has 0 fully saturated rings. The van der Waals surface area contributed by atoms with E-state index in [0.29, 0.717) is 6.54 Å². The molecule has 0 aliphatic rings. The zero-order valence-corrected chi connectivity index (χ0v) is 12.3. The fraction of sp³-hybridized carbons (Fsp3) is 0.286. The van der Waals surface area contributed by atoms with Crippen molar-refractivity contribution in [2.24, 2.45) is 0 Å². The molecule has 100 valence electrons. The van der Waals surface area contributed by atoms with Crippen molar-refractivity contribution in [3.63, 3.8) is 0 Å². The Bertz CT molecular complexity index is 586. The zero-order valence-electron chi connectivity index (χ0n) is 10.7. The molecule has 0 radical (unpaired) electrons. The molecule has 1 heterocycles. The summed E-state index contributed by atoms with van der Waals surface area (Å²) >= 11 is 3.48. The van der Waals surface area contributed by atoms with Crippen LogP contribution in [0.1, 0.15) is 12.1 Å². The van der Waals surface area contributed by atoms with E-state index in [1.54, 1.807) is 0 Å². The monoisotopic (exact) mass is 321 g/mol. The first-order valence-corrected chi connectivity index (χ1v) is 6.98. The van der Waals surface area contributed by atoms with E-state index in [-0.39, 0.29) is 0 Å². The van der Waals surface area contributed by atoms with Crippen LogP contribution in [0.15, 0.2) is 28.7 Å². The number of nitrogens with zero attached hydrogens (tertiary/aromatic N) is 1. The van der Waals surface area contributed by atoms with Crippen LogP contribution in [0.2, 0.25) is 0 Å². The van der Waals surface area contributed by atoms with Gasteiger partial charge in [-0.1, -0.05) is 15.9 Å². The number of carbonyl (C=O) groups excluding carboxylic acids is 1. The van der Waals surface area contributed by atoms with Crippen molar-refractivity contribution in [3.8, 4) is 0 Å². The Morgan fingerprint density at radius 1 is 1.32 bits per heavy atom. The highest BCUT2D eigenvalue weighted by atomic mass is 79.9. The van der Waals surface area contributed by atoms with Crippen LogP contribution in [0.25, 0.3) is 10.9 Å². The second-order valence-electron chi connectivity index (χ2n) is 4.32. The highest BCUT2D eigenvalue weighted by Crippen LogP contribution is 2.26. The molecule has 5 heteroatoms. The SMILES string of the molecule is Cc1cc(NCCCNC=O)c2cc(Br)ccc2n1. The van der Waals surface area contributed by atoms with E-state index < -0.39 is 0 Å². The number of halogens is 1. The van der Waals surface area contributed by atoms with Gasteiger partial charge in [-0.25, -0.2) is 0 Å². The third-order valence-corrected chi connectivity index (χ3v) is 3.29. The van der Waals surface area contributed by atoms with Crippen molar-refractivity contribution >= 4 is 38.9 Å². The predicted molar refractivity (Wildman–Crippen MR) is 81.4 cm³/mol. The summed E-state index contributed by atoms with van der Waals surface area (Å²) in [7, 11) is 0. The fourth-order valence-corrected chi connectivity index (χ4v) is 2.31. The largest absolute Gasteiger partial charge is 0.384 e. The molecule has 0 saturated carbocycles. The first-order valence-electron chi connectivity index (χ1n) is 6.18. The molecular formula is C14H16BrN3O. The molecule has 1 aromatic carbocycles. The lowest BCUT2D eigenvalue weighted by Gasteiger charge is -2.11. The number of hydrogen-bond donors (Lipinski definition) is 2. The summed E-state index contributed by atoms with van der Waals surface area (Å²) in [5.41, 5.74) is 3.05. The molecule has 0 unspecified atom stereocenters. The van der Waals surface area contributed by atoms with Gasteiger partial charge in [0.1, 0.15) is 0 Å². The highest BCUT2D eigenvalue weighted by molar-refractivity contribution is 9.10. The number of aromatic nitrogens is 1. The minimum absolute atomic E-state index is 0.683. The Kier molecular flexibility index (Phi) is 4.74. The van der Waals surface area contributed by atoms with Gasteiger partial charge < -0.3 is 10.6 Å². The number of nitrogens with one attached hydrogen (secondary N) is 2. The third kappa shape index (κ3) is 3.67. The Morgan fingerprint density at radius 3 is 2.95 bits per heavy atom. The van der Waals surface area contributed by atoms with Crippen LogP contribution < -0.4 is 10.6 Å². The maximum absolute atomic E-state index is 10.1. The Labute approximate surface area is 120 Å². The van der Waals surface area contributed by atoms with E-state index in [0.717, 1.165) is 46.1 Å². The van der Waals surface area contributed by atoms with Gasteiger partial charge in [0.25, 0.3) is 0 Å². The topological polar surface area (TPSA) is 54.0 Å². The van der Waals surface area contributed by atoms with Crippen LogP contribution in [0, 0.1) is 6.92 Å². The highest BCUT2D eigenvalue weighted by Gasteiger charge is 2.04. The van der Waals surface area contributed by atoms with Crippen LogP contribution in [-0.2, 0) is 4.79 Å². The minimum atomic E-state index is 0.683. The molecule has 2 N–H and O–H groups in total. The normalized spacial score (nSPS) is 10.4. The van der Waals surface area contributed by atoms with Gasteiger partial charge in [-0.3, -0.25) is 9.78 Å².